The molecule has 3 amide bonds. The fourth-order valence-electron chi connectivity index (χ4n) is 5.48. The number of carbonyl (C=O) groups is 5. The van der Waals surface area contributed by atoms with Crippen molar-refractivity contribution in [1.29, 1.82) is 0 Å². The van der Waals surface area contributed by atoms with Gasteiger partial charge in [0.15, 0.2) is 0 Å². The lowest BCUT2D eigenvalue weighted by atomic mass is 9.96. The van der Waals surface area contributed by atoms with E-state index >= 15 is 0 Å². The van der Waals surface area contributed by atoms with Crippen LogP contribution >= 0.6 is 0 Å². The molecule has 0 saturated carbocycles. The predicted molar refractivity (Wildman–Crippen MR) is 185 cm³/mol. The van der Waals surface area contributed by atoms with Crippen LogP contribution in [0.1, 0.15) is 81.6 Å². The van der Waals surface area contributed by atoms with Gasteiger partial charge in [-0.2, -0.15) is 0 Å². The molecule has 52 heavy (non-hydrogen) atoms. The molecule has 0 aliphatic carbocycles. The predicted octanol–water partition coefficient (Wildman–Crippen LogP) is 4.11. The summed E-state index contributed by atoms with van der Waals surface area (Å²) < 4.78 is 51.6. The molecule has 0 spiro atoms. The number of esters is 2. The Kier molecular flexibility index (Phi) is 18.0. The van der Waals surface area contributed by atoms with Crippen LogP contribution in [0.2, 0.25) is 0 Å². The van der Waals surface area contributed by atoms with Gasteiger partial charge in [0.25, 0.3) is 0 Å². The van der Waals surface area contributed by atoms with E-state index in [4.69, 9.17) is 19.3 Å². The summed E-state index contributed by atoms with van der Waals surface area (Å²) in [6.07, 6.45) is -3.93. The third-order valence-corrected chi connectivity index (χ3v) is 7.60. The van der Waals surface area contributed by atoms with E-state index < -0.39 is 77.3 Å². The highest BCUT2D eigenvalue weighted by Crippen LogP contribution is 2.24. The Morgan fingerprint density at radius 2 is 0.923 bits per heavy atom. The Hall–Kier alpha value is -3.47. The summed E-state index contributed by atoms with van der Waals surface area (Å²) >= 11 is 0. The van der Waals surface area contributed by atoms with Gasteiger partial charge in [0, 0.05) is 38.7 Å². The van der Waals surface area contributed by atoms with Crippen LogP contribution < -0.4 is 0 Å². The summed E-state index contributed by atoms with van der Waals surface area (Å²) in [4.78, 5) is 62.1. The number of piperidine rings is 3. The third kappa shape index (κ3) is 17.8. The topological polar surface area (TPSA) is 182 Å². The lowest BCUT2D eigenvalue weighted by Crippen LogP contribution is -2.49. The van der Waals surface area contributed by atoms with Crippen molar-refractivity contribution >= 4 is 30.2 Å². The number of alkyl halides is 2. The largest absolute Gasteiger partial charge is 0.469 e. The maximum atomic E-state index is 13.5. The number of aliphatic hydroxyl groups is 2. The van der Waals surface area contributed by atoms with Crippen molar-refractivity contribution in [3.63, 3.8) is 0 Å². The summed E-state index contributed by atoms with van der Waals surface area (Å²) in [5.41, 5.74) is -1.81. The van der Waals surface area contributed by atoms with E-state index in [9.17, 15) is 37.9 Å². The molecule has 6 unspecified atom stereocenters. The second-order valence-electron chi connectivity index (χ2n) is 16.2. The molecular formula is C35H61F2N3O12. The Bertz CT molecular complexity index is 1120. The van der Waals surface area contributed by atoms with E-state index in [0.717, 1.165) is 0 Å². The van der Waals surface area contributed by atoms with Gasteiger partial charge in [0.1, 0.15) is 29.1 Å². The molecule has 3 aliphatic heterocycles. The number of hydrogen-bond acceptors (Lipinski definition) is 12. The molecule has 3 heterocycles. The molecule has 3 fully saturated rings. The van der Waals surface area contributed by atoms with Crippen molar-refractivity contribution < 1.29 is 66.7 Å². The number of hydrogen-bond donors (Lipinski definition) is 2. The molecule has 3 rings (SSSR count). The average molecular weight is 754 g/mol. The summed E-state index contributed by atoms with van der Waals surface area (Å²) in [6.45, 7) is 16.7. The first-order valence-electron chi connectivity index (χ1n) is 17.4. The second kappa shape index (κ2) is 20.1. The molecule has 0 aromatic rings. The molecule has 6 atom stereocenters. The lowest BCUT2D eigenvalue weighted by Gasteiger charge is -2.35. The molecule has 302 valence electrons. The third-order valence-electron chi connectivity index (χ3n) is 7.60. The fourth-order valence-corrected chi connectivity index (χ4v) is 5.48. The van der Waals surface area contributed by atoms with Crippen LogP contribution in [0.5, 0.6) is 0 Å². The standard InChI is InChI=1S/C12H20FNO4.C12H21NO5.C11H20FNO3/c1-12(2,3)18-11(16)14-6-8(10(15)17-4)5-9(13)7-14;1-12(2,3)18-11(16)13-6-8(10(15)17-4)5-9(14)7-13;1-11(2,3)16-10(15)13-5-8(7-14)4-9(12)6-13/h8-9H,5-7H2,1-4H3;8-9,14H,5-7H2,1-4H3;8-9,14H,4-7H2,1-3H3. The summed E-state index contributed by atoms with van der Waals surface area (Å²) in [7, 11) is 2.54. The number of methoxy groups -OCH3 is 2. The van der Waals surface area contributed by atoms with Crippen molar-refractivity contribution in [1.82, 2.24) is 14.7 Å². The number of amides is 3. The maximum absolute atomic E-state index is 13.5. The van der Waals surface area contributed by atoms with Crippen LogP contribution in [-0.2, 0) is 33.3 Å². The lowest BCUT2D eigenvalue weighted by molar-refractivity contribution is -0.149. The van der Waals surface area contributed by atoms with Crippen LogP contribution in [0, 0.1) is 17.8 Å². The first kappa shape index (κ1) is 46.6. The summed E-state index contributed by atoms with van der Waals surface area (Å²) in [6, 6.07) is 0. The first-order valence-corrected chi connectivity index (χ1v) is 17.4. The highest BCUT2D eigenvalue weighted by Gasteiger charge is 2.37. The van der Waals surface area contributed by atoms with Crippen LogP contribution in [0.25, 0.3) is 0 Å². The Morgan fingerprint density at radius 3 is 1.29 bits per heavy atom. The molecular weight excluding hydrogens is 692 g/mol. The van der Waals surface area contributed by atoms with E-state index in [1.165, 1.54) is 28.9 Å². The minimum absolute atomic E-state index is 0.0393. The summed E-state index contributed by atoms with van der Waals surface area (Å²) in [5.74, 6) is -2.21. The van der Waals surface area contributed by atoms with E-state index in [-0.39, 0.29) is 51.7 Å². The number of ether oxygens (including phenoxy) is 5. The molecule has 0 bridgehead atoms. The maximum Gasteiger partial charge on any atom is 0.410 e. The van der Waals surface area contributed by atoms with Crippen molar-refractivity contribution in [2.45, 2.75) is 117 Å². The van der Waals surface area contributed by atoms with E-state index in [1.807, 2.05) is 0 Å². The first-order chi connectivity index (χ1) is 23.8. The fraction of sp³-hybridized carbons (Fsp3) is 0.857. The quantitative estimate of drug-likeness (QED) is 0.312. The van der Waals surface area contributed by atoms with Crippen molar-refractivity contribution in [3.8, 4) is 0 Å². The van der Waals surface area contributed by atoms with Crippen molar-refractivity contribution in [2.24, 2.45) is 17.8 Å². The highest BCUT2D eigenvalue weighted by molar-refractivity contribution is 5.75. The van der Waals surface area contributed by atoms with Gasteiger partial charge in [-0.15, -0.1) is 0 Å². The van der Waals surface area contributed by atoms with Gasteiger partial charge in [-0.25, -0.2) is 23.2 Å². The minimum Gasteiger partial charge on any atom is -0.469 e. The number of β-amino-alcohol motifs (C(OH)–C–C–N with tert-alkyl or cyclic N) is 1. The van der Waals surface area contributed by atoms with E-state index in [1.54, 1.807) is 62.3 Å². The average Bonchev–Trinajstić information content (AvgIpc) is 3.01. The molecule has 15 nitrogen and oxygen atoms in total. The molecule has 3 saturated heterocycles. The normalized spacial score (nSPS) is 25.2. The molecule has 2 N–H and O–H groups in total. The van der Waals surface area contributed by atoms with Crippen LogP contribution in [0.15, 0.2) is 0 Å². The Morgan fingerprint density at radius 1 is 0.577 bits per heavy atom. The van der Waals surface area contributed by atoms with E-state index in [0.29, 0.717) is 19.4 Å². The smallest absolute Gasteiger partial charge is 0.410 e. The zero-order valence-corrected chi connectivity index (χ0v) is 32.6. The highest BCUT2D eigenvalue weighted by atomic mass is 19.1. The molecule has 0 radical (unpaired) electrons. The zero-order chi connectivity index (χ0) is 40.2. The van der Waals surface area contributed by atoms with Gasteiger partial charge in [-0.05, 0) is 81.6 Å². The monoisotopic (exact) mass is 753 g/mol. The van der Waals surface area contributed by atoms with Gasteiger partial charge in [0.05, 0.1) is 45.2 Å². The SMILES string of the molecule is CC(C)(C)OC(=O)N1CC(F)CC(CO)C1.COC(=O)C1CC(F)CN(C(=O)OC(C)(C)C)C1.COC(=O)C1CC(O)CN(C(=O)OC(C)(C)C)C1. The number of carbonyl (C=O) groups excluding carboxylic acids is 5. The van der Waals surface area contributed by atoms with Gasteiger partial charge >= 0.3 is 30.2 Å². The minimum atomic E-state index is -1.23. The number of aliphatic hydroxyl groups excluding tert-OH is 2. The van der Waals surface area contributed by atoms with Gasteiger partial charge in [-0.1, -0.05) is 0 Å². The second-order valence-corrected chi connectivity index (χ2v) is 16.2. The molecule has 0 aromatic carbocycles. The van der Waals surface area contributed by atoms with Gasteiger partial charge in [0.2, 0.25) is 0 Å². The number of rotatable bonds is 3. The number of likely N-dealkylation sites (tertiary alicyclic amines) is 3. The van der Waals surface area contributed by atoms with Crippen molar-refractivity contribution in [2.75, 3.05) is 60.1 Å². The molecule has 3 aliphatic rings. The van der Waals surface area contributed by atoms with Crippen LogP contribution in [0.4, 0.5) is 23.2 Å². The van der Waals surface area contributed by atoms with Gasteiger partial charge in [-0.3, -0.25) is 9.59 Å². The van der Waals surface area contributed by atoms with Crippen molar-refractivity contribution in [3.05, 3.63) is 0 Å². The van der Waals surface area contributed by atoms with Gasteiger partial charge < -0.3 is 48.6 Å². The Balaban J connectivity index is 0.000000391. The zero-order valence-electron chi connectivity index (χ0n) is 32.6. The summed E-state index contributed by atoms with van der Waals surface area (Å²) in [5, 5.41) is 18.7. The molecule has 17 heteroatoms. The van der Waals surface area contributed by atoms with Crippen LogP contribution in [-0.4, -0.2) is 150 Å². The Labute approximate surface area is 306 Å². The van der Waals surface area contributed by atoms with Crippen LogP contribution in [0.3, 0.4) is 0 Å². The number of halogens is 2. The number of nitrogens with zero attached hydrogens (tertiary/aromatic N) is 3. The molecule has 0 aromatic heterocycles. The van der Waals surface area contributed by atoms with E-state index in [2.05, 4.69) is 9.47 Å².